The van der Waals surface area contributed by atoms with Crippen LogP contribution in [0.4, 0.5) is 0 Å². The second kappa shape index (κ2) is 47.5. The van der Waals surface area contributed by atoms with E-state index in [1.165, 1.54) is 231 Å². The molecule has 0 saturated carbocycles. The van der Waals surface area contributed by atoms with E-state index in [0.717, 1.165) is 32.1 Å². The van der Waals surface area contributed by atoms with Gasteiger partial charge in [-0.05, 0) is 12.8 Å². The molecule has 8 nitrogen and oxygen atoms in total. The van der Waals surface area contributed by atoms with Crippen LogP contribution in [0.1, 0.15) is 296 Å². The van der Waals surface area contributed by atoms with E-state index >= 15 is 0 Å². The van der Waals surface area contributed by atoms with E-state index in [1.54, 1.807) is 0 Å². The van der Waals surface area contributed by atoms with Gasteiger partial charge < -0.3 is 19.3 Å². The second-order valence-corrected chi connectivity index (χ2v) is 19.5. The third-order valence-corrected chi connectivity index (χ3v) is 12.6. The van der Waals surface area contributed by atoms with Crippen molar-refractivity contribution < 1.29 is 37.9 Å². The highest BCUT2D eigenvalue weighted by molar-refractivity contribution is 7.46. The number of unbranched alkanes of at least 4 members (excludes halogenated alkanes) is 40. The second-order valence-electron chi connectivity index (χ2n) is 18.2. The summed E-state index contributed by atoms with van der Waals surface area (Å²) in [6.07, 6.45) is 54.1. The first-order valence-electron chi connectivity index (χ1n) is 26.3. The van der Waals surface area contributed by atoms with Gasteiger partial charge in [-0.3, -0.25) is 14.1 Å². The monoisotopic (exact) mass is 873 g/mol. The van der Waals surface area contributed by atoms with Crippen molar-refractivity contribution in [3.8, 4) is 0 Å². The minimum absolute atomic E-state index is 0.221. The number of ether oxygens (including phenoxy) is 2. The van der Waals surface area contributed by atoms with Crippen LogP contribution in [0.15, 0.2) is 0 Å². The Bertz CT molecular complexity index is 940. The molecule has 1 unspecified atom stereocenters. The van der Waals surface area contributed by atoms with E-state index in [1.807, 2.05) is 0 Å². The predicted molar refractivity (Wildman–Crippen MR) is 253 cm³/mol. The molecule has 0 amide bonds. The largest absolute Gasteiger partial charge is 0.469 e. The Labute approximate surface area is 372 Å². The van der Waals surface area contributed by atoms with Gasteiger partial charge in [0.2, 0.25) is 0 Å². The molecule has 0 aliphatic carbocycles. The van der Waals surface area contributed by atoms with E-state index in [0.29, 0.717) is 6.42 Å². The first-order chi connectivity index (χ1) is 29.3. The number of hydrogen-bond donors (Lipinski definition) is 2. The topological polar surface area (TPSA) is 119 Å². The molecule has 0 aromatic carbocycles. The highest BCUT2D eigenvalue weighted by atomic mass is 31.2. The van der Waals surface area contributed by atoms with Crippen molar-refractivity contribution in [2.45, 2.75) is 302 Å². The lowest BCUT2D eigenvalue weighted by molar-refractivity contribution is -0.161. The first kappa shape index (κ1) is 59.0. The molecule has 0 spiro atoms. The Kier molecular flexibility index (Phi) is 46.8. The van der Waals surface area contributed by atoms with Crippen LogP contribution in [-0.2, 0) is 28.2 Å². The van der Waals surface area contributed by atoms with Gasteiger partial charge in [-0.2, -0.15) is 0 Å². The molecule has 60 heavy (non-hydrogen) atoms. The standard InChI is InChI=1S/C51H101O8P/c1-3-5-7-9-11-13-15-17-19-21-23-24-25-26-28-30-32-34-36-38-40-42-44-46-51(53)59-49(48-58-60(54,55)56)47-57-50(52)45-43-41-39-37-35-33-31-29-27-22-20-18-16-14-12-10-8-6-4-2/h49H,3-48H2,1-2H3,(H2,54,55,56). The highest BCUT2D eigenvalue weighted by Crippen LogP contribution is 2.36. The molecule has 0 rings (SSSR count). The summed E-state index contributed by atoms with van der Waals surface area (Å²) in [5.41, 5.74) is 0. The maximum atomic E-state index is 12.5. The minimum Gasteiger partial charge on any atom is -0.462 e. The number of hydrogen-bond acceptors (Lipinski definition) is 6. The zero-order valence-electron chi connectivity index (χ0n) is 39.9. The van der Waals surface area contributed by atoms with Crippen LogP contribution in [0.25, 0.3) is 0 Å². The van der Waals surface area contributed by atoms with E-state index in [9.17, 15) is 14.2 Å². The zero-order chi connectivity index (χ0) is 43.9. The number of esters is 2. The van der Waals surface area contributed by atoms with Crippen LogP contribution in [-0.4, -0.2) is 41.0 Å². The van der Waals surface area contributed by atoms with Crippen molar-refractivity contribution in [1.29, 1.82) is 0 Å². The van der Waals surface area contributed by atoms with Gasteiger partial charge in [0, 0.05) is 12.8 Å². The molecular weight excluding hydrogens is 772 g/mol. The minimum atomic E-state index is -4.75. The average molecular weight is 873 g/mol. The van der Waals surface area contributed by atoms with Crippen LogP contribution in [0.5, 0.6) is 0 Å². The molecule has 0 fully saturated rings. The Morgan fingerprint density at radius 3 is 0.850 bits per heavy atom. The van der Waals surface area contributed by atoms with Crippen molar-refractivity contribution in [3.05, 3.63) is 0 Å². The molecule has 0 aliphatic rings. The van der Waals surface area contributed by atoms with Gasteiger partial charge in [-0.15, -0.1) is 0 Å². The van der Waals surface area contributed by atoms with Crippen molar-refractivity contribution in [1.82, 2.24) is 0 Å². The quantitative estimate of drug-likeness (QED) is 0.0352. The maximum absolute atomic E-state index is 12.5. The Morgan fingerprint density at radius 2 is 0.600 bits per heavy atom. The molecule has 0 aliphatic heterocycles. The highest BCUT2D eigenvalue weighted by Gasteiger charge is 2.23. The van der Waals surface area contributed by atoms with Gasteiger partial charge in [0.05, 0.1) is 6.61 Å². The summed E-state index contributed by atoms with van der Waals surface area (Å²) in [6, 6.07) is 0. The van der Waals surface area contributed by atoms with Gasteiger partial charge in [0.15, 0.2) is 6.10 Å². The summed E-state index contributed by atoms with van der Waals surface area (Å²) < 4.78 is 26.6. The summed E-state index contributed by atoms with van der Waals surface area (Å²) in [5, 5.41) is 0. The third kappa shape index (κ3) is 49.7. The van der Waals surface area contributed by atoms with Crippen molar-refractivity contribution in [2.75, 3.05) is 13.2 Å². The predicted octanol–water partition coefficient (Wildman–Crippen LogP) is 16.8. The van der Waals surface area contributed by atoms with Gasteiger partial charge in [-0.1, -0.05) is 271 Å². The van der Waals surface area contributed by atoms with Crippen LogP contribution in [0.2, 0.25) is 0 Å². The fraction of sp³-hybridized carbons (Fsp3) is 0.961. The van der Waals surface area contributed by atoms with Gasteiger partial charge in [0.25, 0.3) is 0 Å². The van der Waals surface area contributed by atoms with Crippen LogP contribution in [0, 0.1) is 0 Å². The Morgan fingerprint density at radius 1 is 0.367 bits per heavy atom. The number of rotatable bonds is 50. The summed E-state index contributed by atoms with van der Waals surface area (Å²) in [5.74, 6) is -0.860. The zero-order valence-corrected chi connectivity index (χ0v) is 40.8. The molecule has 1 atom stereocenters. The van der Waals surface area contributed by atoms with Gasteiger partial charge >= 0.3 is 19.8 Å². The molecule has 358 valence electrons. The van der Waals surface area contributed by atoms with Crippen molar-refractivity contribution >= 4 is 19.8 Å². The summed E-state index contributed by atoms with van der Waals surface area (Å²) in [4.78, 5) is 43.1. The van der Waals surface area contributed by atoms with E-state index in [2.05, 4.69) is 18.4 Å². The third-order valence-electron chi connectivity index (χ3n) is 12.1. The lowest BCUT2D eigenvalue weighted by Crippen LogP contribution is -2.29. The number of carbonyl (C=O) groups is 2. The molecule has 2 N–H and O–H groups in total. The normalized spacial score (nSPS) is 12.3. The fourth-order valence-corrected chi connectivity index (χ4v) is 8.56. The average Bonchev–Trinajstić information content (AvgIpc) is 3.22. The van der Waals surface area contributed by atoms with E-state index in [-0.39, 0.29) is 19.4 Å². The Hall–Kier alpha value is -0.950. The number of phosphoric ester groups is 1. The SMILES string of the molecule is CCCCCCCCCCCCCCCCCCCCCCCCCC(=O)OC(COC(=O)CCCCCCCCCCCCCCCCCCCCC)COP(=O)(O)O. The maximum Gasteiger partial charge on any atom is 0.469 e. The molecular formula is C51H101O8P. The lowest BCUT2D eigenvalue weighted by Gasteiger charge is -2.18. The van der Waals surface area contributed by atoms with Crippen molar-refractivity contribution in [3.63, 3.8) is 0 Å². The smallest absolute Gasteiger partial charge is 0.462 e. The molecule has 0 aromatic heterocycles. The van der Waals surface area contributed by atoms with Crippen molar-refractivity contribution in [2.24, 2.45) is 0 Å². The summed E-state index contributed by atoms with van der Waals surface area (Å²) in [7, 11) is -4.75. The lowest BCUT2D eigenvalue weighted by atomic mass is 10.0. The van der Waals surface area contributed by atoms with E-state index < -0.39 is 32.5 Å². The Balaban J connectivity index is 3.74. The van der Waals surface area contributed by atoms with E-state index in [4.69, 9.17) is 19.3 Å². The summed E-state index contributed by atoms with van der Waals surface area (Å²) in [6.45, 7) is 3.76. The molecule has 0 bridgehead atoms. The fourth-order valence-electron chi connectivity index (χ4n) is 8.20. The van der Waals surface area contributed by atoms with Gasteiger partial charge in [-0.25, -0.2) is 4.57 Å². The molecule has 9 heteroatoms. The summed E-state index contributed by atoms with van der Waals surface area (Å²) >= 11 is 0. The molecule has 0 saturated heterocycles. The molecule has 0 aromatic rings. The number of carbonyl (C=O) groups excluding carboxylic acids is 2. The van der Waals surface area contributed by atoms with Crippen LogP contribution in [0.3, 0.4) is 0 Å². The number of phosphoric acid groups is 1. The molecule has 0 radical (unpaired) electrons. The van der Waals surface area contributed by atoms with Crippen LogP contribution < -0.4 is 0 Å². The first-order valence-corrected chi connectivity index (χ1v) is 27.9. The van der Waals surface area contributed by atoms with Gasteiger partial charge in [0.1, 0.15) is 6.61 Å². The molecule has 0 heterocycles. The van der Waals surface area contributed by atoms with Crippen LogP contribution >= 0.6 is 7.82 Å².